The maximum Gasteiger partial charge on any atom is 0.293 e. The minimum atomic E-state index is -0.318. The molecule has 0 saturated carbocycles. The summed E-state index contributed by atoms with van der Waals surface area (Å²) in [6.07, 6.45) is 2.30. The molecular formula is C23H41ClN2O3. The van der Waals surface area contributed by atoms with Crippen LogP contribution in [0.25, 0.3) is 0 Å². The van der Waals surface area contributed by atoms with E-state index in [-0.39, 0.29) is 5.60 Å². The van der Waals surface area contributed by atoms with Crippen LogP contribution < -0.4 is 10.1 Å². The topological polar surface area (TPSA) is 50.8 Å². The number of carbonyl (C=O) groups is 1. The van der Waals surface area contributed by atoms with Gasteiger partial charge >= 0.3 is 0 Å². The number of carbonyl (C=O) groups excluding carboxylic acids is 1. The van der Waals surface area contributed by atoms with Gasteiger partial charge in [0.2, 0.25) is 0 Å². The zero-order valence-electron chi connectivity index (χ0n) is 19.4. The second-order valence-corrected chi connectivity index (χ2v) is 8.21. The molecule has 1 fully saturated rings. The third kappa shape index (κ3) is 12.8. The molecule has 6 heteroatoms. The average molecular weight is 429 g/mol. The molecule has 1 atom stereocenters. The highest BCUT2D eigenvalue weighted by molar-refractivity contribution is 6.30. The molecule has 0 amide bonds. The van der Waals surface area contributed by atoms with Crippen LogP contribution in [-0.2, 0) is 16.0 Å². The van der Waals surface area contributed by atoms with Crippen molar-refractivity contribution in [2.45, 2.75) is 60.0 Å². The van der Waals surface area contributed by atoms with Crippen LogP contribution in [0.5, 0.6) is 5.75 Å². The number of hydrogen-bond acceptors (Lipinski definition) is 5. The molecule has 1 unspecified atom stereocenters. The number of ether oxygens (including phenoxy) is 2. The molecule has 1 aliphatic heterocycles. The first-order valence-corrected chi connectivity index (χ1v) is 11.1. The first kappa shape index (κ1) is 27.7. The lowest BCUT2D eigenvalue weighted by Gasteiger charge is -2.17. The highest BCUT2D eigenvalue weighted by Crippen LogP contribution is 2.24. The average Bonchev–Trinajstić information content (AvgIpc) is 3.11. The summed E-state index contributed by atoms with van der Waals surface area (Å²) in [5.74, 6) is 1.77. The van der Waals surface area contributed by atoms with Crippen LogP contribution in [0.2, 0.25) is 5.02 Å². The summed E-state index contributed by atoms with van der Waals surface area (Å²) in [6.45, 7) is 17.2. The van der Waals surface area contributed by atoms with Crippen molar-refractivity contribution in [3.05, 3.63) is 28.8 Å². The molecule has 1 aliphatic rings. The Morgan fingerprint density at radius 2 is 2.00 bits per heavy atom. The lowest BCUT2D eigenvalue weighted by atomic mass is 10.1. The van der Waals surface area contributed by atoms with Gasteiger partial charge in [-0.1, -0.05) is 25.4 Å². The molecule has 0 aromatic heterocycles. The van der Waals surface area contributed by atoms with Gasteiger partial charge in [-0.15, -0.1) is 0 Å². The highest BCUT2D eigenvalue weighted by Gasteiger charge is 2.21. The van der Waals surface area contributed by atoms with E-state index in [1.807, 2.05) is 66.8 Å². The Hall–Kier alpha value is -1.30. The monoisotopic (exact) mass is 428 g/mol. The van der Waals surface area contributed by atoms with Gasteiger partial charge in [0.05, 0.1) is 6.61 Å². The molecule has 1 aromatic rings. The fraction of sp³-hybridized carbons (Fsp3) is 0.696. The smallest absolute Gasteiger partial charge is 0.293 e. The molecule has 1 saturated heterocycles. The second kappa shape index (κ2) is 15.5. The fourth-order valence-electron chi connectivity index (χ4n) is 3.03. The molecule has 1 aromatic carbocycles. The number of likely N-dealkylation sites (tertiary alicyclic amines) is 1. The summed E-state index contributed by atoms with van der Waals surface area (Å²) in [4.78, 5) is 12.1. The van der Waals surface area contributed by atoms with Crippen LogP contribution in [0.4, 0.5) is 0 Å². The van der Waals surface area contributed by atoms with Crippen LogP contribution in [-0.4, -0.2) is 56.8 Å². The summed E-state index contributed by atoms with van der Waals surface area (Å²) in [5, 5.41) is 4.06. The van der Waals surface area contributed by atoms with E-state index in [0.717, 1.165) is 36.2 Å². The predicted molar refractivity (Wildman–Crippen MR) is 123 cm³/mol. The van der Waals surface area contributed by atoms with Gasteiger partial charge in [-0.2, -0.15) is 0 Å². The number of rotatable bonds is 8. The third-order valence-corrected chi connectivity index (χ3v) is 4.52. The summed E-state index contributed by atoms with van der Waals surface area (Å²) in [5.41, 5.74) is 0.901. The third-order valence-electron chi connectivity index (χ3n) is 4.28. The number of hydrogen-bond donors (Lipinski definition) is 1. The van der Waals surface area contributed by atoms with Crippen molar-refractivity contribution in [3.63, 3.8) is 0 Å². The maximum absolute atomic E-state index is 9.60. The highest BCUT2D eigenvalue weighted by atomic mass is 35.5. The second-order valence-electron chi connectivity index (χ2n) is 7.77. The number of halogens is 1. The van der Waals surface area contributed by atoms with Gasteiger partial charge in [-0.3, -0.25) is 4.79 Å². The van der Waals surface area contributed by atoms with Gasteiger partial charge in [0, 0.05) is 18.1 Å². The Bertz CT molecular complexity index is 562. The Morgan fingerprint density at radius 1 is 1.31 bits per heavy atom. The lowest BCUT2D eigenvalue weighted by Crippen LogP contribution is -2.26. The number of benzene rings is 1. The predicted octanol–water partition coefficient (Wildman–Crippen LogP) is 4.81. The van der Waals surface area contributed by atoms with Crippen LogP contribution in [0, 0.1) is 5.92 Å². The van der Waals surface area contributed by atoms with E-state index in [0.29, 0.717) is 13.1 Å². The normalized spacial score (nSPS) is 16.2. The zero-order valence-corrected chi connectivity index (χ0v) is 20.1. The lowest BCUT2D eigenvalue weighted by molar-refractivity contribution is -0.138. The standard InChI is InChI=1S/C16H25ClN2O.C5H10O2.C2H6/c1-3-20-16-5-4-15(17)10-14(16)7-9-19-8-6-13(12-19)11-18-2;1-5(2,3)7-4-6;1-2/h4-5,10,13,18H,3,6-9,11-12H2,1-2H3;4H,1-3H3;1-2H3. The molecule has 0 spiro atoms. The SMILES string of the molecule is CC.CC(C)(C)OC=O.CCOc1ccc(Cl)cc1CCN1CCC(CNC)C1. The van der Waals surface area contributed by atoms with Crippen molar-refractivity contribution in [3.8, 4) is 5.75 Å². The minimum Gasteiger partial charge on any atom is -0.494 e. The van der Waals surface area contributed by atoms with E-state index in [9.17, 15) is 4.79 Å². The van der Waals surface area contributed by atoms with Crippen molar-refractivity contribution in [2.24, 2.45) is 5.92 Å². The Morgan fingerprint density at radius 3 is 2.52 bits per heavy atom. The Kier molecular flexibility index (Phi) is 14.8. The minimum absolute atomic E-state index is 0.318. The van der Waals surface area contributed by atoms with Crippen molar-refractivity contribution in [1.82, 2.24) is 10.2 Å². The molecule has 2 rings (SSSR count). The van der Waals surface area contributed by atoms with E-state index in [1.165, 1.54) is 25.1 Å². The van der Waals surface area contributed by atoms with Crippen molar-refractivity contribution in [2.75, 3.05) is 39.8 Å². The molecule has 0 bridgehead atoms. The molecular weight excluding hydrogens is 388 g/mol. The summed E-state index contributed by atoms with van der Waals surface area (Å²) in [7, 11) is 2.03. The number of nitrogens with zero attached hydrogens (tertiary/aromatic N) is 1. The summed E-state index contributed by atoms with van der Waals surface area (Å²) < 4.78 is 10.2. The molecule has 5 nitrogen and oxygen atoms in total. The first-order chi connectivity index (χ1) is 13.8. The van der Waals surface area contributed by atoms with Crippen LogP contribution in [0.1, 0.15) is 53.5 Å². The molecule has 0 aliphatic carbocycles. The van der Waals surface area contributed by atoms with Gasteiger partial charge in [0.15, 0.2) is 0 Å². The van der Waals surface area contributed by atoms with Gasteiger partial charge in [-0.25, -0.2) is 0 Å². The molecule has 29 heavy (non-hydrogen) atoms. The largest absolute Gasteiger partial charge is 0.494 e. The molecule has 1 N–H and O–H groups in total. The van der Waals surface area contributed by atoms with Crippen LogP contribution in [0.15, 0.2) is 18.2 Å². The fourth-order valence-corrected chi connectivity index (χ4v) is 3.23. The summed E-state index contributed by atoms with van der Waals surface area (Å²) in [6, 6.07) is 5.91. The Labute approximate surface area is 183 Å². The zero-order chi connectivity index (χ0) is 22.3. The molecule has 168 valence electrons. The molecule has 0 radical (unpaired) electrons. The first-order valence-electron chi connectivity index (χ1n) is 10.7. The van der Waals surface area contributed by atoms with Crippen molar-refractivity contribution >= 4 is 18.1 Å². The van der Waals surface area contributed by atoms with E-state index in [4.69, 9.17) is 16.3 Å². The summed E-state index contributed by atoms with van der Waals surface area (Å²) >= 11 is 6.10. The van der Waals surface area contributed by atoms with Crippen LogP contribution in [0.3, 0.4) is 0 Å². The Balaban J connectivity index is 0.000000740. The maximum atomic E-state index is 9.60. The van der Waals surface area contributed by atoms with E-state index in [1.54, 1.807) is 0 Å². The van der Waals surface area contributed by atoms with Crippen molar-refractivity contribution < 1.29 is 14.3 Å². The van der Waals surface area contributed by atoms with Gasteiger partial charge in [0.25, 0.3) is 6.47 Å². The quantitative estimate of drug-likeness (QED) is 0.602. The molecule has 1 heterocycles. The van der Waals surface area contributed by atoms with E-state index < -0.39 is 0 Å². The van der Waals surface area contributed by atoms with E-state index >= 15 is 0 Å². The van der Waals surface area contributed by atoms with Gasteiger partial charge in [-0.05, 0) is 90.4 Å². The van der Waals surface area contributed by atoms with Gasteiger partial charge in [0.1, 0.15) is 11.4 Å². The van der Waals surface area contributed by atoms with E-state index in [2.05, 4.69) is 15.0 Å². The number of nitrogens with one attached hydrogen (secondary N) is 1. The van der Waals surface area contributed by atoms with Crippen LogP contribution >= 0.6 is 11.6 Å². The van der Waals surface area contributed by atoms with Gasteiger partial charge < -0.3 is 19.7 Å². The van der Waals surface area contributed by atoms with Crippen molar-refractivity contribution in [1.29, 1.82) is 0 Å².